The Balaban J connectivity index is 0.000000480. The lowest BCUT2D eigenvalue weighted by atomic mass is 9.94. The number of benzene rings is 1. The lowest BCUT2D eigenvalue weighted by molar-refractivity contribution is -0.0195. The van der Waals surface area contributed by atoms with Gasteiger partial charge in [-0.2, -0.15) is 0 Å². The first kappa shape index (κ1) is 24.4. The fourth-order valence-corrected chi connectivity index (χ4v) is 3.57. The third-order valence-electron chi connectivity index (χ3n) is 4.91. The van der Waals surface area contributed by atoms with Crippen molar-refractivity contribution in [1.82, 2.24) is 9.80 Å². The number of sulfonamides is 1. The smallest absolute Gasteiger partial charge is 0.238 e. The molecule has 1 aromatic carbocycles. The van der Waals surface area contributed by atoms with Crippen LogP contribution in [0, 0.1) is 6.92 Å². The van der Waals surface area contributed by atoms with Crippen LogP contribution in [0.3, 0.4) is 0 Å². The molecule has 1 aliphatic rings. The molecule has 2 rings (SSSR count). The van der Waals surface area contributed by atoms with Gasteiger partial charge in [-0.15, -0.1) is 0 Å². The SMILES string of the molecule is CC1=CC(c2ccc(S(N)(=O)=O)c(C)c2)=CN(C)C1(C)O.CCCCN(C)C. The van der Waals surface area contributed by atoms with Gasteiger partial charge in [0.15, 0.2) is 5.72 Å². The van der Waals surface area contributed by atoms with Crippen LogP contribution in [-0.4, -0.2) is 56.7 Å². The standard InChI is InChI=1S/C15H20N2O3S.C6H15N/c1-10-7-12(5-6-14(10)21(16,19)20)13-8-11(2)15(3,18)17(4)9-13;1-4-5-6-7(2)3/h5-9,18H,1-4H3,(H2,16,19,20);4-6H2,1-3H3. The zero-order valence-corrected chi connectivity index (χ0v) is 19.0. The Bertz CT molecular complexity index is 840. The number of likely N-dealkylation sites (N-methyl/N-ethyl adjacent to an activating group) is 1. The first-order valence-electron chi connectivity index (χ1n) is 9.45. The highest BCUT2D eigenvalue weighted by atomic mass is 32.2. The molecule has 6 nitrogen and oxygen atoms in total. The minimum atomic E-state index is -3.71. The zero-order valence-electron chi connectivity index (χ0n) is 18.2. The van der Waals surface area contributed by atoms with Gasteiger partial charge in [-0.25, -0.2) is 13.6 Å². The molecule has 0 spiro atoms. The summed E-state index contributed by atoms with van der Waals surface area (Å²) >= 11 is 0. The van der Waals surface area contributed by atoms with Crippen molar-refractivity contribution < 1.29 is 13.5 Å². The number of allylic oxidation sites excluding steroid dienone is 2. The van der Waals surface area contributed by atoms with Crippen LogP contribution < -0.4 is 5.14 Å². The summed E-state index contributed by atoms with van der Waals surface area (Å²) in [6.07, 6.45) is 6.36. The number of nitrogens with two attached hydrogens (primary N) is 1. The fraction of sp³-hybridized carbons (Fsp3) is 0.524. The van der Waals surface area contributed by atoms with Crippen molar-refractivity contribution in [3.05, 3.63) is 47.2 Å². The highest BCUT2D eigenvalue weighted by Gasteiger charge is 2.29. The summed E-state index contributed by atoms with van der Waals surface area (Å²) in [5, 5.41) is 15.5. The molecule has 3 N–H and O–H groups in total. The van der Waals surface area contributed by atoms with E-state index in [-0.39, 0.29) is 4.90 Å². The van der Waals surface area contributed by atoms with E-state index < -0.39 is 15.7 Å². The molecule has 0 fully saturated rings. The van der Waals surface area contributed by atoms with Gasteiger partial charge in [0.05, 0.1) is 4.90 Å². The molecule has 0 radical (unpaired) electrons. The molecule has 1 unspecified atom stereocenters. The van der Waals surface area contributed by atoms with Gasteiger partial charge in [-0.3, -0.25) is 0 Å². The van der Waals surface area contributed by atoms with Crippen LogP contribution in [0.4, 0.5) is 0 Å². The second-order valence-corrected chi connectivity index (χ2v) is 9.26. The quantitative estimate of drug-likeness (QED) is 0.781. The van der Waals surface area contributed by atoms with E-state index in [1.165, 1.54) is 25.5 Å². The minimum absolute atomic E-state index is 0.128. The van der Waals surface area contributed by atoms with Crippen LogP contribution in [0.2, 0.25) is 0 Å². The Kier molecular flexibility index (Phi) is 8.44. The molecule has 1 heterocycles. The van der Waals surface area contributed by atoms with Gasteiger partial charge in [0.1, 0.15) is 0 Å². The predicted octanol–water partition coefficient (Wildman–Crippen LogP) is 2.93. The summed E-state index contributed by atoms with van der Waals surface area (Å²) < 4.78 is 22.9. The van der Waals surface area contributed by atoms with Crippen LogP contribution in [0.5, 0.6) is 0 Å². The molecule has 1 aliphatic heterocycles. The van der Waals surface area contributed by atoms with Gasteiger partial charge < -0.3 is 14.9 Å². The monoisotopic (exact) mass is 409 g/mol. The van der Waals surface area contributed by atoms with Gasteiger partial charge in [0.2, 0.25) is 10.0 Å². The van der Waals surface area contributed by atoms with Gasteiger partial charge in [-0.05, 0) is 82.2 Å². The number of aryl methyl sites for hydroxylation is 1. The molecular formula is C21H35N3O3S. The van der Waals surface area contributed by atoms with Gasteiger partial charge >= 0.3 is 0 Å². The number of primary sulfonamides is 1. The van der Waals surface area contributed by atoms with Crippen molar-refractivity contribution >= 4 is 15.6 Å². The van der Waals surface area contributed by atoms with Gasteiger partial charge in [0.25, 0.3) is 0 Å². The average molecular weight is 410 g/mol. The number of rotatable bonds is 5. The Morgan fingerprint density at radius 3 is 2.25 bits per heavy atom. The summed E-state index contributed by atoms with van der Waals surface area (Å²) in [5.74, 6) is 0. The largest absolute Gasteiger partial charge is 0.367 e. The second kappa shape index (κ2) is 9.69. The van der Waals surface area contributed by atoms with E-state index in [0.29, 0.717) is 5.56 Å². The maximum absolute atomic E-state index is 11.4. The molecule has 0 saturated carbocycles. The van der Waals surface area contributed by atoms with Crippen LogP contribution in [0.25, 0.3) is 5.57 Å². The number of nitrogens with zero attached hydrogens (tertiary/aromatic N) is 2. The van der Waals surface area contributed by atoms with Crippen molar-refractivity contribution in [3.63, 3.8) is 0 Å². The molecule has 1 atom stereocenters. The number of unbranched alkanes of at least 4 members (excludes halogenated alkanes) is 1. The molecule has 0 amide bonds. The van der Waals surface area contributed by atoms with Crippen LogP contribution in [0.15, 0.2) is 40.9 Å². The van der Waals surface area contributed by atoms with E-state index >= 15 is 0 Å². The summed E-state index contributed by atoms with van der Waals surface area (Å²) in [5.41, 5.74) is 2.18. The normalized spacial score (nSPS) is 19.7. The Labute approximate surface area is 170 Å². The predicted molar refractivity (Wildman–Crippen MR) is 116 cm³/mol. The summed E-state index contributed by atoms with van der Waals surface area (Å²) in [6.45, 7) is 8.74. The van der Waals surface area contributed by atoms with Gasteiger partial charge in [0, 0.05) is 13.2 Å². The third-order valence-corrected chi connectivity index (χ3v) is 5.98. The summed E-state index contributed by atoms with van der Waals surface area (Å²) in [4.78, 5) is 4.06. The lowest BCUT2D eigenvalue weighted by Gasteiger charge is -2.37. The molecule has 0 aromatic heterocycles. The number of hydrogen-bond donors (Lipinski definition) is 2. The third kappa shape index (κ3) is 6.44. The van der Waals surface area contributed by atoms with Crippen LogP contribution in [-0.2, 0) is 10.0 Å². The van der Waals surface area contributed by atoms with E-state index in [1.54, 1.807) is 37.9 Å². The molecule has 0 saturated heterocycles. The maximum Gasteiger partial charge on any atom is 0.238 e. The Morgan fingerprint density at radius 1 is 1.25 bits per heavy atom. The van der Waals surface area contributed by atoms with Crippen molar-refractivity contribution in [3.8, 4) is 0 Å². The lowest BCUT2D eigenvalue weighted by Crippen LogP contribution is -2.43. The van der Waals surface area contributed by atoms with E-state index in [2.05, 4.69) is 25.9 Å². The van der Waals surface area contributed by atoms with E-state index in [1.807, 2.05) is 19.2 Å². The maximum atomic E-state index is 11.4. The van der Waals surface area contributed by atoms with Crippen LogP contribution >= 0.6 is 0 Å². The highest BCUT2D eigenvalue weighted by molar-refractivity contribution is 7.89. The van der Waals surface area contributed by atoms with Crippen molar-refractivity contribution in [1.29, 1.82) is 0 Å². The van der Waals surface area contributed by atoms with E-state index in [4.69, 9.17) is 5.14 Å². The topological polar surface area (TPSA) is 86.9 Å². The molecule has 1 aromatic rings. The number of aliphatic hydroxyl groups is 1. The first-order valence-corrected chi connectivity index (χ1v) is 11.0. The van der Waals surface area contributed by atoms with E-state index in [9.17, 15) is 13.5 Å². The minimum Gasteiger partial charge on any atom is -0.367 e. The first-order chi connectivity index (χ1) is 12.8. The molecule has 7 heteroatoms. The van der Waals surface area contributed by atoms with Crippen LogP contribution in [0.1, 0.15) is 44.7 Å². The van der Waals surface area contributed by atoms with Gasteiger partial charge in [-0.1, -0.05) is 25.5 Å². The Morgan fingerprint density at radius 2 is 1.86 bits per heavy atom. The van der Waals surface area contributed by atoms with Crippen molar-refractivity contribution in [2.24, 2.45) is 5.14 Å². The van der Waals surface area contributed by atoms with E-state index in [0.717, 1.165) is 16.7 Å². The zero-order chi connectivity index (χ0) is 21.7. The summed E-state index contributed by atoms with van der Waals surface area (Å²) in [6, 6.07) is 5.01. The fourth-order valence-electron chi connectivity index (χ4n) is 2.80. The highest BCUT2D eigenvalue weighted by Crippen LogP contribution is 2.32. The number of hydrogen-bond acceptors (Lipinski definition) is 5. The molecular weight excluding hydrogens is 374 g/mol. The van der Waals surface area contributed by atoms with Crippen molar-refractivity contribution in [2.45, 2.75) is 51.2 Å². The average Bonchev–Trinajstić information content (AvgIpc) is 2.57. The molecule has 0 aliphatic carbocycles. The molecule has 158 valence electrons. The second-order valence-electron chi connectivity index (χ2n) is 7.73. The Hall–Kier alpha value is -1.67. The summed E-state index contributed by atoms with van der Waals surface area (Å²) in [7, 11) is 2.30. The molecule has 0 bridgehead atoms. The van der Waals surface area contributed by atoms with Crippen molar-refractivity contribution in [2.75, 3.05) is 27.7 Å². The molecule has 28 heavy (non-hydrogen) atoms.